The van der Waals surface area contributed by atoms with Crippen LogP contribution in [-0.2, 0) is 0 Å². The maximum atomic E-state index is 13.0. The lowest BCUT2D eigenvalue weighted by Gasteiger charge is -2.21. The first-order valence-corrected chi connectivity index (χ1v) is 4.46. The van der Waals surface area contributed by atoms with Crippen molar-refractivity contribution in [1.29, 1.82) is 0 Å². The van der Waals surface area contributed by atoms with Crippen LogP contribution in [0.2, 0.25) is 0 Å². The molecule has 1 aliphatic heterocycles. The Morgan fingerprint density at radius 3 is 2.79 bits per heavy atom. The molecule has 0 bridgehead atoms. The minimum Gasteiger partial charge on any atom is -0.333 e. The van der Waals surface area contributed by atoms with E-state index in [2.05, 4.69) is 15.2 Å². The van der Waals surface area contributed by atoms with Crippen molar-refractivity contribution in [2.45, 2.75) is 17.8 Å². The predicted octanol–water partition coefficient (Wildman–Crippen LogP) is 1.28. The van der Waals surface area contributed by atoms with Crippen molar-refractivity contribution in [2.24, 2.45) is 0 Å². The molecule has 0 radical (unpaired) electrons. The standard InChI is InChI=1S/C7H7ClF2N4/c8-6-7(9,10)1-2-14(6)5-3-12-13-4-11-5/h3-4,6H,1-2H2. The van der Waals surface area contributed by atoms with Gasteiger partial charge in [0, 0.05) is 13.0 Å². The first-order valence-electron chi connectivity index (χ1n) is 4.02. The molecule has 76 valence electrons. The molecule has 14 heavy (non-hydrogen) atoms. The molecule has 7 heteroatoms. The van der Waals surface area contributed by atoms with Crippen LogP contribution in [0.15, 0.2) is 12.5 Å². The van der Waals surface area contributed by atoms with Gasteiger partial charge in [-0.3, -0.25) is 0 Å². The van der Waals surface area contributed by atoms with Crippen LogP contribution in [0.4, 0.5) is 14.6 Å². The smallest absolute Gasteiger partial charge is 0.283 e. The van der Waals surface area contributed by atoms with Crippen LogP contribution >= 0.6 is 11.6 Å². The zero-order valence-electron chi connectivity index (χ0n) is 7.07. The fourth-order valence-electron chi connectivity index (χ4n) is 1.34. The molecule has 0 N–H and O–H groups in total. The lowest BCUT2D eigenvalue weighted by Crippen LogP contribution is -2.34. The summed E-state index contributed by atoms with van der Waals surface area (Å²) in [6.45, 7) is 0.180. The quantitative estimate of drug-likeness (QED) is 0.528. The summed E-state index contributed by atoms with van der Waals surface area (Å²) in [7, 11) is 0. The molecule has 0 aromatic carbocycles. The largest absolute Gasteiger partial charge is 0.333 e. The summed E-state index contributed by atoms with van der Waals surface area (Å²) in [4.78, 5) is 5.13. The number of nitrogens with zero attached hydrogens (tertiary/aromatic N) is 4. The van der Waals surface area contributed by atoms with Crippen molar-refractivity contribution in [3.8, 4) is 0 Å². The van der Waals surface area contributed by atoms with Crippen LogP contribution in [0.3, 0.4) is 0 Å². The molecule has 2 rings (SSSR count). The van der Waals surface area contributed by atoms with E-state index in [1.807, 2.05) is 0 Å². The van der Waals surface area contributed by atoms with Crippen molar-refractivity contribution in [1.82, 2.24) is 15.2 Å². The highest BCUT2D eigenvalue weighted by Crippen LogP contribution is 2.37. The Morgan fingerprint density at radius 1 is 1.50 bits per heavy atom. The molecule has 1 aromatic heterocycles. The highest BCUT2D eigenvalue weighted by molar-refractivity contribution is 6.22. The number of halogens is 3. The van der Waals surface area contributed by atoms with Gasteiger partial charge >= 0.3 is 0 Å². The fourth-order valence-corrected chi connectivity index (χ4v) is 1.65. The molecule has 0 saturated carbocycles. The summed E-state index contributed by atoms with van der Waals surface area (Å²) in [6, 6.07) is 0. The lowest BCUT2D eigenvalue weighted by molar-refractivity contribution is 0.0143. The van der Waals surface area contributed by atoms with Gasteiger partial charge in [-0.05, 0) is 0 Å². The van der Waals surface area contributed by atoms with Gasteiger partial charge in [-0.1, -0.05) is 11.6 Å². The van der Waals surface area contributed by atoms with Crippen molar-refractivity contribution in [3.63, 3.8) is 0 Å². The Labute approximate surface area is 83.9 Å². The number of hydrogen-bond donors (Lipinski definition) is 0. The Bertz CT molecular complexity index is 321. The molecule has 0 spiro atoms. The number of rotatable bonds is 1. The van der Waals surface area contributed by atoms with Gasteiger partial charge in [-0.25, -0.2) is 13.8 Å². The van der Waals surface area contributed by atoms with Gasteiger partial charge in [0.15, 0.2) is 11.3 Å². The topological polar surface area (TPSA) is 41.9 Å². The van der Waals surface area contributed by atoms with E-state index in [-0.39, 0.29) is 13.0 Å². The summed E-state index contributed by atoms with van der Waals surface area (Å²) < 4.78 is 26.1. The van der Waals surface area contributed by atoms with Crippen LogP contribution < -0.4 is 4.90 Å². The maximum Gasteiger partial charge on any atom is 0.283 e. The maximum absolute atomic E-state index is 13.0. The molecular weight excluding hydrogens is 214 g/mol. The second kappa shape index (κ2) is 3.27. The Kier molecular flexibility index (Phi) is 2.22. The molecule has 2 heterocycles. The monoisotopic (exact) mass is 220 g/mol. The van der Waals surface area contributed by atoms with Gasteiger partial charge in [0.05, 0.1) is 6.20 Å². The summed E-state index contributed by atoms with van der Waals surface area (Å²) in [5.74, 6) is -2.54. The van der Waals surface area contributed by atoms with E-state index < -0.39 is 11.4 Å². The number of anilines is 1. The molecule has 1 atom stereocenters. The van der Waals surface area contributed by atoms with E-state index in [0.717, 1.165) is 0 Å². The second-order valence-electron chi connectivity index (χ2n) is 3.00. The zero-order valence-corrected chi connectivity index (χ0v) is 7.82. The van der Waals surface area contributed by atoms with Gasteiger partial charge < -0.3 is 4.90 Å². The molecule has 0 aliphatic carbocycles. The molecule has 1 saturated heterocycles. The molecule has 1 fully saturated rings. The van der Waals surface area contributed by atoms with Gasteiger partial charge in [0.2, 0.25) is 0 Å². The van der Waals surface area contributed by atoms with E-state index in [0.29, 0.717) is 5.82 Å². The van der Waals surface area contributed by atoms with Crippen LogP contribution in [-0.4, -0.2) is 33.1 Å². The Balaban J connectivity index is 2.23. The highest BCUT2D eigenvalue weighted by Gasteiger charge is 2.48. The van der Waals surface area contributed by atoms with E-state index in [9.17, 15) is 8.78 Å². The minimum atomic E-state index is -2.87. The summed E-state index contributed by atoms with van der Waals surface area (Å²) in [6.07, 6.45) is 2.26. The third kappa shape index (κ3) is 1.50. The normalized spacial score (nSPS) is 25.4. The van der Waals surface area contributed by atoms with Crippen LogP contribution in [0.1, 0.15) is 6.42 Å². The van der Waals surface area contributed by atoms with Crippen molar-refractivity contribution in [2.75, 3.05) is 11.4 Å². The van der Waals surface area contributed by atoms with Crippen molar-refractivity contribution < 1.29 is 8.78 Å². The van der Waals surface area contributed by atoms with Crippen molar-refractivity contribution in [3.05, 3.63) is 12.5 Å². The molecule has 0 amide bonds. The zero-order chi connectivity index (χ0) is 10.2. The lowest BCUT2D eigenvalue weighted by atomic mass is 10.3. The average molecular weight is 221 g/mol. The van der Waals surface area contributed by atoms with E-state index in [4.69, 9.17) is 11.6 Å². The molecule has 1 aromatic rings. The van der Waals surface area contributed by atoms with Crippen molar-refractivity contribution >= 4 is 17.4 Å². The first-order chi connectivity index (χ1) is 6.61. The number of hydrogen-bond acceptors (Lipinski definition) is 4. The fraction of sp³-hybridized carbons (Fsp3) is 0.571. The summed E-state index contributed by atoms with van der Waals surface area (Å²) in [5.41, 5.74) is -1.35. The van der Waals surface area contributed by atoms with E-state index in [1.165, 1.54) is 17.4 Å². The van der Waals surface area contributed by atoms with Gasteiger partial charge in [0.1, 0.15) is 6.33 Å². The third-order valence-corrected chi connectivity index (χ3v) is 2.64. The summed E-state index contributed by atoms with van der Waals surface area (Å²) in [5, 5.41) is 7.01. The van der Waals surface area contributed by atoms with Crippen LogP contribution in [0.5, 0.6) is 0 Å². The average Bonchev–Trinajstić information content (AvgIpc) is 2.44. The van der Waals surface area contributed by atoms with E-state index >= 15 is 0 Å². The van der Waals surface area contributed by atoms with E-state index in [1.54, 1.807) is 0 Å². The second-order valence-corrected chi connectivity index (χ2v) is 3.42. The Hall–Kier alpha value is -1.04. The number of aromatic nitrogens is 3. The van der Waals surface area contributed by atoms with Crippen LogP contribution in [0, 0.1) is 0 Å². The minimum absolute atomic E-state index is 0.180. The molecule has 1 aliphatic rings. The van der Waals surface area contributed by atoms with Gasteiger partial charge in [0.25, 0.3) is 5.92 Å². The SMILES string of the molecule is FC1(F)CCN(c2cnncn2)C1Cl. The van der Waals surface area contributed by atoms with Crippen LogP contribution in [0.25, 0.3) is 0 Å². The summed E-state index contributed by atoms with van der Waals surface area (Å²) >= 11 is 5.59. The van der Waals surface area contributed by atoms with Gasteiger partial charge in [-0.15, -0.1) is 5.10 Å². The Morgan fingerprint density at radius 2 is 2.29 bits per heavy atom. The molecular formula is C7H7ClF2N4. The predicted molar refractivity (Wildman–Crippen MR) is 46.4 cm³/mol. The highest BCUT2D eigenvalue weighted by atomic mass is 35.5. The third-order valence-electron chi connectivity index (χ3n) is 2.08. The van der Waals surface area contributed by atoms with Gasteiger partial charge in [-0.2, -0.15) is 5.10 Å². The first kappa shape index (κ1) is 9.51. The molecule has 1 unspecified atom stereocenters. The molecule has 4 nitrogen and oxygen atoms in total. The number of alkyl halides is 3.